The van der Waals surface area contributed by atoms with E-state index in [0.717, 1.165) is 68.7 Å². The van der Waals surface area contributed by atoms with Gasteiger partial charge in [0.15, 0.2) is 0 Å². The highest BCUT2D eigenvalue weighted by molar-refractivity contribution is 5.76. The molecule has 2 aromatic rings. The minimum absolute atomic E-state index is 0.334. The molecule has 0 atom stereocenters. The number of aryl methyl sites for hydroxylation is 2. The van der Waals surface area contributed by atoms with Crippen molar-refractivity contribution in [2.75, 3.05) is 31.1 Å². The molecular weight excluding hydrogens is 372 g/mol. The van der Waals surface area contributed by atoms with Crippen LogP contribution in [0.3, 0.4) is 0 Å². The molecule has 0 spiro atoms. The van der Waals surface area contributed by atoms with Crippen LogP contribution in [0.25, 0.3) is 0 Å². The third-order valence-corrected chi connectivity index (χ3v) is 6.70. The van der Waals surface area contributed by atoms with E-state index in [9.17, 15) is 4.79 Å². The lowest BCUT2D eigenvalue weighted by molar-refractivity contribution is -0.131. The van der Waals surface area contributed by atoms with Crippen LogP contribution in [0.2, 0.25) is 0 Å². The molecule has 5 nitrogen and oxygen atoms in total. The predicted octanol–water partition coefficient (Wildman–Crippen LogP) is 4.30. The second-order valence-electron chi connectivity index (χ2n) is 8.88. The molecular formula is C25H34N4O. The molecule has 1 aromatic carbocycles. The molecule has 2 aliphatic rings. The van der Waals surface area contributed by atoms with Gasteiger partial charge in [-0.2, -0.15) is 0 Å². The molecule has 0 unspecified atom stereocenters. The van der Waals surface area contributed by atoms with E-state index >= 15 is 0 Å². The minimum Gasteiger partial charge on any atom is -0.353 e. The second-order valence-corrected chi connectivity index (χ2v) is 8.88. The molecule has 1 saturated heterocycles. The number of amides is 1. The Balaban J connectivity index is 1.40. The third-order valence-electron chi connectivity index (χ3n) is 6.70. The topological polar surface area (TPSA) is 49.3 Å². The van der Waals surface area contributed by atoms with Crippen LogP contribution in [0.5, 0.6) is 0 Å². The van der Waals surface area contributed by atoms with Gasteiger partial charge in [-0.15, -0.1) is 0 Å². The van der Waals surface area contributed by atoms with Crippen molar-refractivity contribution in [3.05, 3.63) is 53.0 Å². The summed E-state index contributed by atoms with van der Waals surface area (Å²) in [4.78, 5) is 26.6. The van der Waals surface area contributed by atoms with Gasteiger partial charge in [0.05, 0.1) is 0 Å². The first-order chi connectivity index (χ1) is 14.6. The fraction of sp³-hybridized carbons (Fsp3) is 0.560. The number of aromatic nitrogens is 2. The van der Waals surface area contributed by atoms with Crippen molar-refractivity contribution in [2.45, 2.75) is 58.8 Å². The summed E-state index contributed by atoms with van der Waals surface area (Å²) < 4.78 is 0. The van der Waals surface area contributed by atoms with Gasteiger partial charge in [-0.1, -0.05) is 56.0 Å². The molecule has 1 aromatic heterocycles. The largest absolute Gasteiger partial charge is 0.353 e. The van der Waals surface area contributed by atoms with Gasteiger partial charge in [0.2, 0.25) is 5.91 Å². The van der Waals surface area contributed by atoms with Crippen LogP contribution >= 0.6 is 0 Å². The summed E-state index contributed by atoms with van der Waals surface area (Å²) in [6.07, 6.45) is 7.96. The maximum Gasteiger partial charge on any atom is 0.222 e. The van der Waals surface area contributed by atoms with E-state index in [2.05, 4.69) is 46.0 Å². The molecule has 1 aliphatic heterocycles. The van der Waals surface area contributed by atoms with Gasteiger partial charge in [-0.25, -0.2) is 9.97 Å². The molecule has 1 aliphatic carbocycles. The number of benzene rings is 1. The molecule has 1 amide bonds. The zero-order valence-corrected chi connectivity index (χ0v) is 18.4. The Morgan fingerprint density at radius 1 is 1.00 bits per heavy atom. The van der Waals surface area contributed by atoms with Crippen molar-refractivity contribution >= 4 is 11.7 Å². The smallest absolute Gasteiger partial charge is 0.222 e. The number of piperazine rings is 1. The lowest BCUT2D eigenvalue weighted by Crippen LogP contribution is -2.49. The first-order valence-electron chi connectivity index (χ1n) is 11.5. The quantitative estimate of drug-likeness (QED) is 0.718. The molecule has 4 rings (SSSR count). The minimum atomic E-state index is 0.334. The van der Waals surface area contributed by atoms with Crippen molar-refractivity contribution in [1.82, 2.24) is 14.9 Å². The fourth-order valence-electron chi connectivity index (χ4n) is 4.94. The van der Waals surface area contributed by atoms with Gasteiger partial charge in [0.1, 0.15) is 11.6 Å². The van der Waals surface area contributed by atoms with E-state index in [1.807, 2.05) is 13.0 Å². The summed E-state index contributed by atoms with van der Waals surface area (Å²) in [7, 11) is 0. The number of hydrogen-bond donors (Lipinski definition) is 0. The highest BCUT2D eigenvalue weighted by atomic mass is 16.2. The molecule has 0 bridgehead atoms. The summed E-state index contributed by atoms with van der Waals surface area (Å²) in [6.45, 7) is 7.30. The molecule has 160 valence electrons. The Morgan fingerprint density at radius 3 is 2.40 bits per heavy atom. The number of nitrogens with zero attached hydrogens (tertiary/aromatic N) is 4. The lowest BCUT2D eigenvalue weighted by atomic mass is 10.0. The molecule has 2 heterocycles. The van der Waals surface area contributed by atoms with E-state index in [-0.39, 0.29) is 0 Å². The van der Waals surface area contributed by atoms with Crippen molar-refractivity contribution in [1.29, 1.82) is 0 Å². The van der Waals surface area contributed by atoms with Crippen LogP contribution in [0, 0.1) is 19.8 Å². The van der Waals surface area contributed by atoms with Crippen molar-refractivity contribution < 1.29 is 4.79 Å². The first-order valence-corrected chi connectivity index (χ1v) is 11.5. The van der Waals surface area contributed by atoms with Crippen molar-refractivity contribution in [3.63, 3.8) is 0 Å². The highest BCUT2D eigenvalue weighted by Gasteiger charge is 2.25. The lowest BCUT2D eigenvalue weighted by Gasteiger charge is -2.36. The van der Waals surface area contributed by atoms with E-state index in [4.69, 9.17) is 4.98 Å². The summed E-state index contributed by atoms with van der Waals surface area (Å²) in [6, 6.07) is 10.5. The average molecular weight is 407 g/mol. The predicted molar refractivity (Wildman–Crippen MR) is 121 cm³/mol. The van der Waals surface area contributed by atoms with Gasteiger partial charge < -0.3 is 9.80 Å². The molecule has 0 radical (unpaired) electrons. The van der Waals surface area contributed by atoms with Gasteiger partial charge in [0, 0.05) is 50.3 Å². The second kappa shape index (κ2) is 9.59. The Labute approximate surface area is 180 Å². The SMILES string of the molecule is Cc1nc(C)c(Cc2ccccc2)c(N2CCN(C(=O)CCC3CCCC3)CC2)n1. The van der Waals surface area contributed by atoms with Gasteiger partial charge in [-0.3, -0.25) is 4.79 Å². The van der Waals surface area contributed by atoms with Gasteiger partial charge in [-0.05, 0) is 31.7 Å². The number of rotatable bonds is 6. The standard InChI is InChI=1S/C25H34N4O/c1-19-23(18-22-10-4-3-5-11-22)25(27-20(2)26-19)29-16-14-28(15-17-29)24(30)13-12-21-8-6-7-9-21/h3-5,10-11,21H,6-9,12-18H2,1-2H3. The van der Waals surface area contributed by atoms with Crippen LogP contribution in [-0.2, 0) is 11.2 Å². The average Bonchev–Trinajstić information content (AvgIpc) is 3.28. The van der Waals surface area contributed by atoms with E-state index in [1.54, 1.807) is 0 Å². The zero-order valence-electron chi connectivity index (χ0n) is 18.4. The van der Waals surface area contributed by atoms with Crippen LogP contribution in [0.15, 0.2) is 30.3 Å². The van der Waals surface area contributed by atoms with Crippen molar-refractivity contribution in [2.24, 2.45) is 5.92 Å². The Morgan fingerprint density at radius 2 is 1.70 bits per heavy atom. The normalized spacial score (nSPS) is 17.5. The van der Waals surface area contributed by atoms with Crippen LogP contribution in [-0.4, -0.2) is 47.0 Å². The summed E-state index contributed by atoms with van der Waals surface area (Å²) in [5.41, 5.74) is 3.53. The number of anilines is 1. The number of hydrogen-bond acceptors (Lipinski definition) is 4. The molecule has 2 fully saturated rings. The maximum atomic E-state index is 12.7. The Kier molecular flexibility index (Phi) is 6.66. The Bertz CT molecular complexity index is 853. The van der Waals surface area contributed by atoms with Crippen LogP contribution < -0.4 is 4.90 Å². The molecule has 0 N–H and O–H groups in total. The molecule has 5 heteroatoms. The van der Waals surface area contributed by atoms with Gasteiger partial charge in [0.25, 0.3) is 0 Å². The number of carbonyl (C=O) groups is 1. The monoisotopic (exact) mass is 406 g/mol. The Hall–Kier alpha value is -2.43. The van der Waals surface area contributed by atoms with Gasteiger partial charge >= 0.3 is 0 Å². The highest BCUT2D eigenvalue weighted by Crippen LogP contribution is 2.29. The first kappa shape index (κ1) is 20.8. The summed E-state index contributed by atoms with van der Waals surface area (Å²) >= 11 is 0. The van der Waals surface area contributed by atoms with Crippen LogP contribution in [0.4, 0.5) is 5.82 Å². The fourth-order valence-corrected chi connectivity index (χ4v) is 4.94. The zero-order chi connectivity index (χ0) is 20.9. The maximum absolute atomic E-state index is 12.7. The molecule has 1 saturated carbocycles. The van der Waals surface area contributed by atoms with E-state index in [0.29, 0.717) is 5.91 Å². The molecule has 30 heavy (non-hydrogen) atoms. The summed E-state index contributed by atoms with van der Waals surface area (Å²) in [5, 5.41) is 0. The van der Waals surface area contributed by atoms with Crippen molar-refractivity contribution in [3.8, 4) is 0 Å². The van der Waals surface area contributed by atoms with E-state index in [1.165, 1.54) is 36.8 Å². The number of carbonyl (C=O) groups excluding carboxylic acids is 1. The third kappa shape index (κ3) is 5.00. The van der Waals surface area contributed by atoms with Crippen LogP contribution in [0.1, 0.15) is 61.2 Å². The van der Waals surface area contributed by atoms with E-state index < -0.39 is 0 Å². The summed E-state index contributed by atoms with van der Waals surface area (Å²) in [5.74, 6) is 2.97.